The van der Waals surface area contributed by atoms with Crippen LogP contribution < -0.4 is 0 Å². The van der Waals surface area contributed by atoms with Gasteiger partial charge < -0.3 is 18.9 Å². The zero-order chi connectivity index (χ0) is 18.9. The van der Waals surface area contributed by atoms with Crippen molar-refractivity contribution >= 4 is 5.78 Å². The maximum atomic E-state index is 12.0. The van der Waals surface area contributed by atoms with Gasteiger partial charge in [0, 0.05) is 32.8 Å². The van der Waals surface area contributed by atoms with E-state index in [1.807, 2.05) is 39.8 Å². The Labute approximate surface area is 152 Å². The van der Waals surface area contributed by atoms with Gasteiger partial charge in [-0.1, -0.05) is 18.6 Å². The molecule has 1 aliphatic rings. The van der Waals surface area contributed by atoms with Gasteiger partial charge in [0.15, 0.2) is 17.4 Å². The third-order valence-electron chi connectivity index (χ3n) is 4.25. The number of rotatable bonds is 12. The molecule has 0 aromatic carbocycles. The molecule has 1 unspecified atom stereocenters. The minimum Gasteiger partial charge on any atom is -0.354 e. The second-order valence-electron chi connectivity index (χ2n) is 7.21. The minimum atomic E-state index is -0.680. The Balaban J connectivity index is 2.24. The normalized spacial score (nSPS) is 19.0. The molecule has 0 saturated heterocycles. The number of methoxy groups -OCH3 is 2. The number of hydrogen-bond acceptors (Lipinski definition) is 5. The smallest absolute Gasteiger partial charge is 0.165 e. The van der Waals surface area contributed by atoms with Gasteiger partial charge in [-0.05, 0) is 53.0 Å². The third kappa shape index (κ3) is 8.77. The Morgan fingerprint density at radius 3 is 2.40 bits per heavy atom. The highest BCUT2D eigenvalue weighted by Gasteiger charge is 2.28. The molecule has 1 rings (SSSR count). The quantitative estimate of drug-likeness (QED) is 0.389. The maximum Gasteiger partial charge on any atom is 0.165 e. The van der Waals surface area contributed by atoms with Crippen molar-refractivity contribution in [2.45, 2.75) is 77.5 Å². The lowest BCUT2D eigenvalue weighted by molar-refractivity contribution is -0.212. The number of hydrogen-bond donors (Lipinski definition) is 0. The fourth-order valence-corrected chi connectivity index (χ4v) is 2.42. The molecule has 0 heterocycles. The van der Waals surface area contributed by atoms with Crippen LogP contribution in [0.1, 0.15) is 59.8 Å². The average molecular weight is 354 g/mol. The number of carbonyl (C=O) groups excluding carboxylic acids is 1. The van der Waals surface area contributed by atoms with Crippen LogP contribution in [0.25, 0.3) is 0 Å². The molecule has 0 aromatic heterocycles. The van der Waals surface area contributed by atoms with Crippen LogP contribution in [0.3, 0.4) is 0 Å². The molecule has 0 aromatic rings. The van der Waals surface area contributed by atoms with E-state index in [1.54, 1.807) is 14.2 Å². The van der Waals surface area contributed by atoms with Gasteiger partial charge in [0.2, 0.25) is 0 Å². The molecule has 0 spiro atoms. The molecule has 0 N–H and O–H groups in total. The number of ketones is 1. The Morgan fingerprint density at radius 2 is 1.76 bits per heavy atom. The van der Waals surface area contributed by atoms with Crippen LogP contribution in [-0.4, -0.2) is 44.3 Å². The lowest BCUT2D eigenvalue weighted by Crippen LogP contribution is -2.31. The van der Waals surface area contributed by atoms with E-state index in [9.17, 15) is 4.79 Å². The second kappa shape index (κ2) is 10.2. The third-order valence-corrected chi connectivity index (χ3v) is 4.25. The topological polar surface area (TPSA) is 54.0 Å². The van der Waals surface area contributed by atoms with Crippen molar-refractivity contribution in [2.24, 2.45) is 0 Å². The molecular weight excluding hydrogens is 320 g/mol. The zero-order valence-corrected chi connectivity index (χ0v) is 16.6. The number of Topliss-reactive ketones (excluding diaryl/α,β-unsaturated/α-hetero) is 1. The highest BCUT2D eigenvalue weighted by atomic mass is 16.7. The fraction of sp³-hybridized carbons (Fsp3) is 0.750. The van der Waals surface area contributed by atoms with Gasteiger partial charge in [0.1, 0.15) is 0 Å². The summed E-state index contributed by atoms with van der Waals surface area (Å²) in [5, 5.41) is 0. The molecule has 5 nitrogen and oxygen atoms in total. The summed E-state index contributed by atoms with van der Waals surface area (Å²) < 4.78 is 21.9. The van der Waals surface area contributed by atoms with Crippen LogP contribution in [0.2, 0.25) is 0 Å². The van der Waals surface area contributed by atoms with Crippen molar-refractivity contribution in [2.75, 3.05) is 20.8 Å². The lowest BCUT2D eigenvalue weighted by atomic mass is 10.1. The van der Waals surface area contributed by atoms with E-state index in [4.69, 9.17) is 18.9 Å². The van der Waals surface area contributed by atoms with E-state index in [-0.39, 0.29) is 11.9 Å². The summed E-state index contributed by atoms with van der Waals surface area (Å²) in [5.74, 6) is -1.06. The first kappa shape index (κ1) is 22.0. The van der Waals surface area contributed by atoms with Crippen LogP contribution in [0.5, 0.6) is 0 Å². The molecule has 144 valence electrons. The first-order chi connectivity index (χ1) is 11.7. The van der Waals surface area contributed by atoms with Gasteiger partial charge in [-0.25, -0.2) is 0 Å². The predicted molar refractivity (Wildman–Crippen MR) is 98.3 cm³/mol. The SMILES string of the molecule is COC(C)(C)OCCCCCC=CC1=CC(OC(C)(C)OC)CC1=O. The van der Waals surface area contributed by atoms with Gasteiger partial charge in [0.05, 0.1) is 6.10 Å². The monoisotopic (exact) mass is 354 g/mol. The molecule has 5 heteroatoms. The van der Waals surface area contributed by atoms with Gasteiger partial charge in [-0.2, -0.15) is 0 Å². The molecule has 0 bridgehead atoms. The zero-order valence-electron chi connectivity index (χ0n) is 16.6. The van der Waals surface area contributed by atoms with Gasteiger partial charge in [-0.15, -0.1) is 0 Å². The summed E-state index contributed by atoms with van der Waals surface area (Å²) in [6.07, 6.45) is 10.2. The molecule has 0 saturated carbocycles. The summed E-state index contributed by atoms with van der Waals surface area (Å²) in [7, 11) is 3.25. The van der Waals surface area contributed by atoms with Crippen LogP contribution in [0.4, 0.5) is 0 Å². The fourth-order valence-electron chi connectivity index (χ4n) is 2.42. The van der Waals surface area contributed by atoms with E-state index in [1.165, 1.54) is 0 Å². The van der Waals surface area contributed by atoms with Gasteiger partial charge in [-0.3, -0.25) is 4.79 Å². The van der Waals surface area contributed by atoms with Crippen LogP contribution in [0, 0.1) is 0 Å². The molecule has 0 fully saturated rings. The van der Waals surface area contributed by atoms with E-state index in [2.05, 4.69) is 6.08 Å². The van der Waals surface area contributed by atoms with Gasteiger partial charge >= 0.3 is 0 Å². The number of allylic oxidation sites excluding steroid dienone is 3. The number of carbonyl (C=O) groups is 1. The summed E-state index contributed by atoms with van der Waals surface area (Å²) in [6.45, 7) is 8.20. The Hall–Kier alpha value is -1.01. The van der Waals surface area contributed by atoms with Crippen molar-refractivity contribution in [1.82, 2.24) is 0 Å². The van der Waals surface area contributed by atoms with Crippen molar-refractivity contribution in [3.63, 3.8) is 0 Å². The van der Waals surface area contributed by atoms with Crippen molar-refractivity contribution in [3.05, 3.63) is 23.8 Å². The van der Waals surface area contributed by atoms with Crippen molar-refractivity contribution in [3.8, 4) is 0 Å². The van der Waals surface area contributed by atoms with Crippen molar-refractivity contribution < 1.29 is 23.7 Å². The highest BCUT2D eigenvalue weighted by Crippen LogP contribution is 2.24. The summed E-state index contributed by atoms with van der Waals surface area (Å²) >= 11 is 0. The van der Waals surface area contributed by atoms with Crippen LogP contribution >= 0.6 is 0 Å². The van der Waals surface area contributed by atoms with Crippen LogP contribution in [-0.2, 0) is 23.7 Å². The predicted octanol–water partition coefficient (Wildman–Crippen LogP) is 4.17. The first-order valence-electron chi connectivity index (χ1n) is 9.03. The summed E-state index contributed by atoms with van der Waals surface area (Å²) in [6, 6.07) is 0. The van der Waals surface area contributed by atoms with E-state index >= 15 is 0 Å². The summed E-state index contributed by atoms with van der Waals surface area (Å²) in [5.41, 5.74) is 0.738. The molecule has 1 aliphatic carbocycles. The molecular formula is C20H34O5. The Kier molecular flexibility index (Phi) is 9.00. The van der Waals surface area contributed by atoms with E-state index in [0.29, 0.717) is 13.0 Å². The molecule has 0 aliphatic heterocycles. The number of ether oxygens (including phenoxy) is 4. The molecule has 0 radical (unpaired) electrons. The molecule has 25 heavy (non-hydrogen) atoms. The first-order valence-corrected chi connectivity index (χ1v) is 9.03. The van der Waals surface area contributed by atoms with Crippen LogP contribution in [0.15, 0.2) is 23.8 Å². The maximum absolute atomic E-state index is 12.0. The summed E-state index contributed by atoms with van der Waals surface area (Å²) in [4.78, 5) is 12.0. The average Bonchev–Trinajstić information content (AvgIpc) is 2.88. The van der Waals surface area contributed by atoms with Crippen molar-refractivity contribution in [1.29, 1.82) is 0 Å². The standard InChI is InChI=1S/C20H34O5/c1-19(2,22-5)24-13-11-9-7-8-10-12-16-14-17(15-18(16)21)25-20(3,4)23-6/h10,12,14,17H,7-9,11,13,15H2,1-6H3. The van der Waals surface area contributed by atoms with Gasteiger partial charge in [0.25, 0.3) is 0 Å². The van der Waals surface area contributed by atoms with E-state index in [0.717, 1.165) is 31.3 Å². The second-order valence-corrected chi connectivity index (χ2v) is 7.21. The molecule has 0 amide bonds. The lowest BCUT2D eigenvalue weighted by Gasteiger charge is -2.26. The minimum absolute atomic E-state index is 0.128. The number of unbranched alkanes of at least 4 members (excludes halogenated alkanes) is 3. The Bertz CT molecular complexity index is 476. The molecule has 1 atom stereocenters. The highest BCUT2D eigenvalue weighted by molar-refractivity contribution is 6.00. The largest absolute Gasteiger partial charge is 0.354 e. The van der Waals surface area contributed by atoms with E-state index < -0.39 is 11.6 Å². The Morgan fingerprint density at radius 1 is 1.08 bits per heavy atom.